The van der Waals surface area contributed by atoms with Gasteiger partial charge < -0.3 is 13.7 Å². The maximum absolute atomic E-state index is 12.7. The predicted octanol–water partition coefficient (Wildman–Crippen LogP) is 0.728. The molecule has 0 amide bonds. The van der Waals surface area contributed by atoms with E-state index in [2.05, 4.69) is 20.4 Å². The van der Waals surface area contributed by atoms with Gasteiger partial charge in [-0.3, -0.25) is 5.10 Å². The van der Waals surface area contributed by atoms with Crippen molar-refractivity contribution in [3.05, 3.63) is 36.5 Å². The molecule has 0 unspecified atom stereocenters. The molecule has 0 aliphatic rings. The van der Waals surface area contributed by atoms with Gasteiger partial charge in [0.25, 0.3) is 10.0 Å². The second kappa shape index (κ2) is 7.17. The number of hydrogen-bond acceptors (Lipinski definition) is 7. The molecule has 0 fully saturated rings. The average molecular weight is 366 g/mol. The van der Waals surface area contributed by atoms with Crippen molar-refractivity contribution in [2.75, 3.05) is 20.8 Å². The third-order valence-electron chi connectivity index (χ3n) is 3.61. The van der Waals surface area contributed by atoms with Crippen LogP contribution in [0.4, 0.5) is 0 Å². The number of rotatable bonds is 8. The number of nitrogens with zero attached hydrogens (tertiary/aromatic N) is 5. The second-order valence-electron chi connectivity index (χ2n) is 5.28. The molecule has 134 valence electrons. The molecular formula is C14H18N6O4S. The van der Waals surface area contributed by atoms with Crippen LogP contribution in [0.2, 0.25) is 0 Å². The van der Waals surface area contributed by atoms with E-state index < -0.39 is 10.0 Å². The monoisotopic (exact) mass is 366 g/mol. The fraction of sp³-hybridized carbons (Fsp3) is 0.357. The van der Waals surface area contributed by atoms with Gasteiger partial charge in [0.1, 0.15) is 17.8 Å². The van der Waals surface area contributed by atoms with Gasteiger partial charge in [-0.05, 0) is 18.2 Å². The summed E-state index contributed by atoms with van der Waals surface area (Å²) in [6.07, 6.45) is 3.10. The molecular weight excluding hydrogens is 348 g/mol. The molecule has 3 aromatic heterocycles. The molecule has 11 heteroatoms. The topological polar surface area (TPSA) is 119 Å². The molecule has 3 rings (SSSR count). The molecule has 0 spiro atoms. The minimum absolute atomic E-state index is 0.0616. The van der Waals surface area contributed by atoms with Crippen LogP contribution in [0.3, 0.4) is 0 Å². The van der Waals surface area contributed by atoms with Crippen LogP contribution in [0.5, 0.6) is 0 Å². The molecule has 3 heterocycles. The third-order valence-corrected chi connectivity index (χ3v) is 5.29. The lowest BCUT2D eigenvalue weighted by Gasteiger charge is -2.15. The standard InChI is InChI=1S/C14H18N6O4S/c1-19(9-13-18-16-10-20(13)7-8-23-2)25(21,22)14-4-3-12(24-14)11-5-6-15-17-11/h3-6,10H,7-9H2,1-2H3,(H,15,17). The highest BCUT2D eigenvalue weighted by Crippen LogP contribution is 2.24. The van der Waals surface area contributed by atoms with Crippen molar-refractivity contribution in [1.29, 1.82) is 0 Å². The second-order valence-corrected chi connectivity index (χ2v) is 7.26. The van der Waals surface area contributed by atoms with Crippen molar-refractivity contribution in [2.45, 2.75) is 18.2 Å². The van der Waals surface area contributed by atoms with Gasteiger partial charge in [-0.2, -0.15) is 9.40 Å². The Balaban J connectivity index is 1.77. The fourth-order valence-electron chi connectivity index (χ4n) is 2.21. The van der Waals surface area contributed by atoms with Crippen molar-refractivity contribution in [1.82, 2.24) is 29.3 Å². The average Bonchev–Trinajstić information content (AvgIpc) is 3.33. The van der Waals surface area contributed by atoms with E-state index in [0.717, 1.165) is 4.31 Å². The molecule has 0 aliphatic carbocycles. The van der Waals surface area contributed by atoms with Crippen LogP contribution < -0.4 is 0 Å². The number of hydrogen-bond donors (Lipinski definition) is 1. The largest absolute Gasteiger partial charge is 0.442 e. The molecule has 0 bridgehead atoms. The molecule has 0 saturated carbocycles. The van der Waals surface area contributed by atoms with Crippen LogP contribution in [0.1, 0.15) is 5.82 Å². The first-order chi connectivity index (χ1) is 12.0. The first-order valence-corrected chi connectivity index (χ1v) is 8.88. The number of furan rings is 1. The minimum atomic E-state index is -3.80. The highest BCUT2D eigenvalue weighted by Gasteiger charge is 2.26. The van der Waals surface area contributed by atoms with Crippen molar-refractivity contribution < 1.29 is 17.6 Å². The van der Waals surface area contributed by atoms with Gasteiger partial charge in [-0.1, -0.05) is 0 Å². The predicted molar refractivity (Wildman–Crippen MR) is 86.8 cm³/mol. The van der Waals surface area contributed by atoms with Crippen LogP contribution in [-0.2, 0) is 27.8 Å². The van der Waals surface area contributed by atoms with E-state index in [0.29, 0.717) is 30.4 Å². The fourth-order valence-corrected chi connectivity index (χ4v) is 3.24. The van der Waals surface area contributed by atoms with Crippen molar-refractivity contribution in [3.63, 3.8) is 0 Å². The van der Waals surface area contributed by atoms with Crippen LogP contribution in [-0.4, -0.2) is 58.4 Å². The number of aromatic nitrogens is 5. The zero-order chi connectivity index (χ0) is 17.9. The van der Waals surface area contributed by atoms with Gasteiger partial charge in [-0.15, -0.1) is 10.2 Å². The van der Waals surface area contributed by atoms with Gasteiger partial charge in [0.2, 0.25) is 5.09 Å². The smallest absolute Gasteiger partial charge is 0.276 e. The van der Waals surface area contributed by atoms with E-state index in [1.54, 1.807) is 30.0 Å². The Morgan fingerprint density at radius 3 is 2.92 bits per heavy atom. The maximum atomic E-state index is 12.7. The van der Waals surface area contributed by atoms with Gasteiger partial charge in [-0.25, -0.2) is 8.42 Å². The lowest BCUT2D eigenvalue weighted by Crippen LogP contribution is -2.28. The van der Waals surface area contributed by atoms with Gasteiger partial charge in [0.15, 0.2) is 5.76 Å². The summed E-state index contributed by atoms with van der Waals surface area (Å²) >= 11 is 0. The van der Waals surface area contributed by atoms with E-state index in [1.165, 1.54) is 19.4 Å². The Morgan fingerprint density at radius 2 is 2.20 bits per heavy atom. The number of methoxy groups -OCH3 is 1. The number of ether oxygens (including phenoxy) is 1. The van der Waals surface area contributed by atoms with Crippen molar-refractivity contribution in [2.24, 2.45) is 0 Å². The van der Waals surface area contributed by atoms with E-state index >= 15 is 0 Å². The Labute approximate surface area is 144 Å². The number of sulfonamides is 1. The van der Waals surface area contributed by atoms with Crippen LogP contribution >= 0.6 is 0 Å². The van der Waals surface area contributed by atoms with E-state index in [9.17, 15) is 8.42 Å². The SMILES string of the molecule is COCCn1cnnc1CN(C)S(=O)(=O)c1ccc(-c2ccn[nH]2)o1. The maximum Gasteiger partial charge on any atom is 0.276 e. The molecule has 0 aliphatic heterocycles. The Hall–Kier alpha value is -2.50. The Morgan fingerprint density at radius 1 is 1.36 bits per heavy atom. The van der Waals surface area contributed by atoms with Crippen molar-refractivity contribution >= 4 is 10.0 Å². The van der Waals surface area contributed by atoms with Crippen molar-refractivity contribution in [3.8, 4) is 11.5 Å². The summed E-state index contributed by atoms with van der Waals surface area (Å²) in [6.45, 7) is 1.08. The molecule has 0 aromatic carbocycles. The molecule has 0 atom stereocenters. The molecule has 25 heavy (non-hydrogen) atoms. The van der Waals surface area contributed by atoms with Gasteiger partial charge in [0, 0.05) is 26.9 Å². The van der Waals surface area contributed by atoms with E-state index in [4.69, 9.17) is 9.15 Å². The number of nitrogens with one attached hydrogen (secondary N) is 1. The van der Waals surface area contributed by atoms with E-state index in [-0.39, 0.29) is 11.6 Å². The zero-order valence-corrected chi connectivity index (χ0v) is 14.6. The molecule has 0 saturated heterocycles. The van der Waals surface area contributed by atoms with Crippen LogP contribution in [0.25, 0.3) is 11.5 Å². The number of H-pyrrole nitrogens is 1. The Kier molecular flexibility index (Phi) is 4.97. The zero-order valence-electron chi connectivity index (χ0n) is 13.8. The summed E-state index contributed by atoms with van der Waals surface area (Å²) in [7, 11) is -0.749. The van der Waals surface area contributed by atoms with Gasteiger partial charge in [0.05, 0.1) is 13.2 Å². The van der Waals surface area contributed by atoms with E-state index in [1.807, 2.05) is 0 Å². The summed E-state index contributed by atoms with van der Waals surface area (Å²) in [5.74, 6) is 0.913. The lowest BCUT2D eigenvalue weighted by molar-refractivity contribution is 0.185. The molecule has 3 aromatic rings. The first kappa shape index (κ1) is 17.3. The van der Waals surface area contributed by atoms with Crippen LogP contribution in [0, 0.1) is 0 Å². The highest BCUT2D eigenvalue weighted by molar-refractivity contribution is 7.88. The van der Waals surface area contributed by atoms with Crippen LogP contribution in [0.15, 0.2) is 40.2 Å². The summed E-state index contributed by atoms with van der Waals surface area (Å²) in [6, 6.07) is 4.68. The summed E-state index contributed by atoms with van der Waals surface area (Å²) in [4.78, 5) is 0. The quantitative estimate of drug-likeness (QED) is 0.624. The highest BCUT2D eigenvalue weighted by atomic mass is 32.2. The normalized spacial score (nSPS) is 12.1. The third kappa shape index (κ3) is 3.62. The summed E-state index contributed by atoms with van der Waals surface area (Å²) < 4.78 is 38.8. The van der Waals surface area contributed by atoms with Gasteiger partial charge >= 0.3 is 0 Å². The summed E-state index contributed by atoms with van der Waals surface area (Å²) in [5, 5.41) is 14.2. The Bertz CT molecular complexity index is 915. The minimum Gasteiger partial charge on any atom is -0.442 e. The summed E-state index contributed by atoms with van der Waals surface area (Å²) in [5.41, 5.74) is 0.600. The molecule has 0 radical (unpaired) electrons. The number of aromatic amines is 1. The first-order valence-electron chi connectivity index (χ1n) is 7.44. The molecule has 10 nitrogen and oxygen atoms in total. The lowest BCUT2D eigenvalue weighted by atomic mass is 10.3. The molecule has 1 N–H and O–H groups in total.